The fourth-order valence-electron chi connectivity index (χ4n) is 4.26. The molecule has 3 rings (SSSR count). The van der Waals surface area contributed by atoms with Gasteiger partial charge in [-0.3, -0.25) is 4.79 Å². The first-order valence-corrected chi connectivity index (χ1v) is 8.11. The van der Waals surface area contributed by atoms with Crippen LogP contribution in [0.15, 0.2) is 12.1 Å². The Bertz CT molecular complexity index is 614. The molecule has 6 heteroatoms. The Morgan fingerprint density at radius 3 is 2.57 bits per heavy atom. The quantitative estimate of drug-likeness (QED) is 0.913. The number of rotatable bonds is 3. The predicted molar refractivity (Wildman–Crippen MR) is 79.8 cm³/mol. The number of nitrogens with zero attached hydrogens (tertiary/aromatic N) is 1. The summed E-state index contributed by atoms with van der Waals surface area (Å²) in [5, 5.41) is 2.96. The second kappa shape index (κ2) is 5.80. The number of pyridine rings is 1. The van der Waals surface area contributed by atoms with Crippen molar-refractivity contribution in [1.29, 1.82) is 0 Å². The lowest BCUT2D eigenvalue weighted by atomic mass is 9.84. The normalized spacial score (nSPS) is 28.0. The van der Waals surface area contributed by atoms with Crippen molar-refractivity contribution in [2.24, 2.45) is 17.8 Å². The van der Waals surface area contributed by atoms with Crippen molar-refractivity contribution in [3.8, 4) is 0 Å². The van der Waals surface area contributed by atoms with Gasteiger partial charge >= 0.3 is 6.18 Å². The number of carbonyl (C=O) groups excluding carboxylic acids is 1. The van der Waals surface area contributed by atoms with Crippen LogP contribution in [-0.2, 0) is 6.18 Å². The summed E-state index contributed by atoms with van der Waals surface area (Å²) < 4.78 is 37.9. The molecule has 0 spiro atoms. The van der Waals surface area contributed by atoms with Gasteiger partial charge in [0.25, 0.3) is 5.91 Å². The molecule has 2 saturated carbocycles. The van der Waals surface area contributed by atoms with E-state index in [0.717, 1.165) is 18.4 Å². The number of amides is 1. The lowest BCUT2D eigenvalue weighted by molar-refractivity contribution is -0.141. The number of aromatic nitrogens is 1. The smallest absolute Gasteiger partial charge is 0.349 e. The fourth-order valence-corrected chi connectivity index (χ4v) is 4.26. The Morgan fingerprint density at radius 1 is 1.30 bits per heavy atom. The van der Waals surface area contributed by atoms with Crippen LogP contribution in [0.5, 0.6) is 0 Å². The van der Waals surface area contributed by atoms with Crippen LogP contribution in [0.25, 0.3) is 0 Å². The molecule has 1 aromatic heterocycles. The number of aryl methyl sites for hydroxylation is 1. The summed E-state index contributed by atoms with van der Waals surface area (Å²) in [6, 6.07) is 2.12. The highest BCUT2D eigenvalue weighted by atomic mass is 19.4. The van der Waals surface area contributed by atoms with Gasteiger partial charge in [-0.25, -0.2) is 4.98 Å². The molecule has 23 heavy (non-hydrogen) atoms. The molecule has 0 saturated heterocycles. The van der Waals surface area contributed by atoms with Gasteiger partial charge in [0, 0.05) is 6.04 Å². The third-order valence-electron chi connectivity index (χ3n) is 5.41. The summed E-state index contributed by atoms with van der Waals surface area (Å²) in [5.74, 6) is 1.63. The van der Waals surface area contributed by atoms with Gasteiger partial charge in [-0.2, -0.15) is 13.2 Å². The van der Waals surface area contributed by atoms with Crippen molar-refractivity contribution < 1.29 is 18.0 Å². The van der Waals surface area contributed by atoms with E-state index in [1.54, 1.807) is 0 Å². The minimum Gasteiger partial charge on any atom is -0.349 e. The molecule has 1 amide bonds. The summed E-state index contributed by atoms with van der Waals surface area (Å²) >= 11 is 0. The monoisotopic (exact) mass is 326 g/mol. The second-order valence-corrected chi connectivity index (χ2v) is 6.93. The Morgan fingerprint density at radius 2 is 2.04 bits per heavy atom. The van der Waals surface area contributed by atoms with Crippen LogP contribution < -0.4 is 5.32 Å². The Labute approximate surface area is 133 Å². The van der Waals surface area contributed by atoms with E-state index >= 15 is 0 Å². The predicted octanol–water partition coefficient (Wildman–Crippen LogP) is 3.96. The van der Waals surface area contributed by atoms with Gasteiger partial charge in [-0.1, -0.05) is 6.42 Å². The third kappa shape index (κ3) is 3.21. The van der Waals surface area contributed by atoms with Crippen molar-refractivity contribution >= 4 is 5.91 Å². The van der Waals surface area contributed by atoms with Crippen LogP contribution in [0.3, 0.4) is 0 Å². The third-order valence-corrected chi connectivity index (χ3v) is 5.41. The highest BCUT2D eigenvalue weighted by Crippen LogP contribution is 2.49. The lowest BCUT2D eigenvalue weighted by Crippen LogP contribution is -2.40. The molecule has 1 N–H and O–H groups in total. The average Bonchev–Trinajstić information content (AvgIpc) is 3.08. The van der Waals surface area contributed by atoms with Gasteiger partial charge in [-0.05, 0) is 63.0 Å². The number of alkyl halides is 3. The van der Waals surface area contributed by atoms with Crippen molar-refractivity contribution in [3.63, 3.8) is 0 Å². The van der Waals surface area contributed by atoms with Gasteiger partial charge in [0.05, 0.1) is 11.3 Å². The minimum atomic E-state index is -4.49. The molecule has 2 bridgehead atoms. The highest BCUT2D eigenvalue weighted by Gasteiger charge is 2.42. The molecule has 2 aliphatic carbocycles. The van der Waals surface area contributed by atoms with Gasteiger partial charge < -0.3 is 5.32 Å². The van der Waals surface area contributed by atoms with Crippen molar-refractivity contribution in [1.82, 2.24) is 10.3 Å². The standard InChI is InChI=1S/C17H21F3N2O/c1-9-13(5-6-15(21-9)17(18,19)20)16(23)22-10(2)14-8-11-3-4-12(14)7-11/h5-6,10-12,14H,3-4,7-8H2,1-2H3,(H,22,23)/t10-,11-,12-,14-/m0/s1. The first kappa shape index (κ1) is 16.3. The number of hydrogen-bond donors (Lipinski definition) is 1. The van der Waals surface area contributed by atoms with E-state index in [0.29, 0.717) is 11.8 Å². The first-order valence-electron chi connectivity index (χ1n) is 8.11. The average molecular weight is 326 g/mol. The fraction of sp³-hybridized carbons (Fsp3) is 0.647. The summed E-state index contributed by atoms with van der Waals surface area (Å²) in [6.45, 7) is 3.43. The van der Waals surface area contributed by atoms with E-state index in [-0.39, 0.29) is 23.2 Å². The molecule has 3 nitrogen and oxygen atoms in total. The molecule has 1 aromatic rings. The largest absolute Gasteiger partial charge is 0.433 e. The second-order valence-electron chi connectivity index (χ2n) is 6.93. The number of fused-ring (bicyclic) bond motifs is 2. The SMILES string of the molecule is Cc1nc(C(F)(F)F)ccc1C(=O)N[C@@H](C)[C@@H]1C[C@H]2CC[C@H]1C2. The summed E-state index contributed by atoms with van der Waals surface area (Å²) in [4.78, 5) is 15.9. The van der Waals surface area contributed by atoms with Crippen LogP contribution in [0.4, 0.5) is 13.2 Å². The molecule has 4 atom stereocenters. The Balaban J connectivity index is 1.68. The van der Waals surface area contributed by atoms with E-state index in [1.165, 1.54) is 32.3 Å². The molecule has 0 unspecified atom stereocenters. The molecule has 0 aromatic carbocycles. The van der Waals surface area contributed by atoms with Gasteiger partial charge in [0.15, 0.2) is 0 Å². The number of halogens is 3. The molecular weight excluding hydrogens is 305 g/mol. The maximum Gasteiger partial charge on any atom is 0.433 e. The maximum absolute atomic E-state index is 12.6. The molecule has 0 aliphatic heterocycles. The topological polar surface area (TPSA) is 42.0 Å². The van der Waals surface area contributed by atoms with Crippen LogP contribution in [0.1, 0.15) is 54.4 Å². The van der Waals surface area contributed by atoms with Crippen molar-refractivity contribution in [3.05, 3.63) is 29.1 Å². The van der Waals surface area contributed by atoms with E-state index in [4.69, 9.17) is 0 Å². The zero-order valence-electron chi connectivity index (χ0n) is 13.3. The number of nitrogens with one attached hydrogen (secondary N) is 1. The van der Waals surface area contributed by atoms with Crippen LogP contribution in [-0.4, -0.2) is 16.9 Å². The first-order chi connectivity index (χ1) is 10.8. The Hall–Kier alpha value is -1.59. The molecule has 1 heterocycles. The van der Waals surface area contributed by atoms with Crippen LogP contribution >= 0.6 is 0 Å². The number of carbonyl (C=O) groups is 1. The minimum absolute atomic E-state index is 0.0412. The zero-order chi connectivity index (χ0) is 16.8. The summed E-state index contributed by atoms with van der Waals surface area (Å²) in [6.07, 6.45) is 0.443. The van der Waals surface area contributed by atoms with Crippen molar-refractivity contribution in [2.45, 2.75) is 51.7 Å². The zero-order valence-corrected chi connectivity index (χ0v) is 13.3. The molecule has 2 aliphatic rings. The van der Waals surface area contributed by atoms with Gasteiger partial charge in [-0.15, -0.1) is 0 Å². The highest BCUT2D eigenvalue weighted by molar-refractivity contribution is 5.95. The van der Waals surface area contributed by atoms with E-state index in [2.05, 4.69) is 10.3 Å². The van der Waals surface area contributed by atoms with E-state index in [1.807, 2.05) is 6.92 Å². The molecule has 126 valence electrons. The summed E-state index contributed by atoms with van der Waals surface area (Å²) in [5.41, 5.74) is -0.641. The molecule has 0 radical (unpaired) electrons. The van der Waals surface area contributed by atoms with Gasteiger partial charge in [0.1, 0.15) is 5.69 Å². The maximum atomic E-state index is 12.6. The molecule has 2 fully saturated rings. The van der Waals surface area contributed by atoms with Gasteiger partial charge in [0.2, 0.25) is 0 Å². The lowest BCUT2D eigenvalue weighted by Gasteiger charge is -2.28. The van der Waals surface area contributed by atoms with Crippen LogP contribution in [0.2, 0.25) is 0 Å². The summed E-state index contributed by atoms with van der Waals surface area (Å²) in [7, 11) is 0. The van der Waals surface area contributed by atoms with Crippen LogP contribution in [0, 0.1) is 24.7 Å². The Kier molecular flexibility index (Phi) is 4.10. The van der Waals surface area contributed by atoms with Crippen molar-refractivity contribution in [2.75, 3.05) is 0 Å². The van der Waals surface area contributed by atoms with E-state index < -0.39 is 11.9 Å². The number of hydrogen-bond acceptors (Lipinski definition) is 2. The molecular formula is C17H21F3N2O. The van der Waals surface area contributed by atoms with E-state index in [9.17, 15) is 18.0 Å².